The van der Waals surface area contributed by atoms with Crippen LogP contribution in [0.1, 0.15) is 39.0 Å². The Labute approximate surface area is 81.3 Å². The molecule has 0 saturated heterocycles. The van der Waals surface area contributed by atoms with Crippen LogP contribution >= 0.6 is 0 Å². The third-order valence-corrected chi connectivity index (χ3v) is 4.00. The van der Waals surface area contributed by atoms with E-state index < -0.39 is 0 Å². The first-order chi connectivity index (χ1) is 6.18. The number of nitrogens with two attached hydrogens (primary N) is 1. The van der Waals surface area contributed by atoms with E-state index in [9.17, 15) is 0 Å². The van der Waals surface area contributed by atoms with E-state index in [0.717, 1.165) is 13.1 Å². The first-order valence-corrected chi connectivity index (χ1v) is 5.59. The van der Waals surface area contributed by atoms with Crippen molar-refractivity contribution in [1.82, 2.24) is 5.32 Å². The minimum atomic E-state index is 0.500. The molecular weight excluding hydrogens is 160 g/mol. The average molecular weight is 182 g/mol. The van der Waals surface area contributed by atoms with Gasteiger partial charge >= 0.3 is 0 Å². The average Bonchev–Trinajstić information content (AvgIpc) is 2.83. The van der Waals surface area contributed by atoms with E-state index >= 15 is 0 Å². The van der Waals surface area contributed by atoms with E-state index in [0.29, 0.717) is 10.8 Å². The van der Waals surface area contributed by atoms with Crippen LogP contribution in [0, 0.1) is 10.8 Å². The normalized spacial score (nSPS) is 28.2. The Hall–Kier alpha value is -0.0800. The monoisotopic (exact) mass is 182 g/mol. The Balaban J connectivity index is 1.63. The van der Waals surface area contributed by atoms with Crippen molar-refractivity contribution in [3.63, 3.8) is 0 Å². The first-order valence-electron chi connectivity index (χ1n) is 5.59. The molecule has 0 radical (unpaired) electrons. The van der Waals surface area contributed by atoms with E-state index in [2.05, 4.69) is 12.2 Å². The molecule has 2 aliphatic carbocycles. The van der Waals surface area contributed by atoms with Crippen LogP contribution in [0.5, 0.6) is 0 Å². The van der Waals surface area contributed by atoms with Gasteiger partial charge < -0.3 is 11.1 Å². The van der Waals surface area contributed by atoms with Crippen molar-refractivity contribution >= 4 is 0 Å². The lowest BCUT2D eigenvalue weighted by Crippen LogP contribution is -2.40. The molecule has 2 saturated carbocycles. The maximum atomic E-state index is 5.73. The van der Waals surface area contributed by atoms with Crippen LogP contribution in [0.25, 0.3) is 0 Å². The van der Waals surface area contributed by atoms with Gasteiger partial charge in [0.15, 0.2) is 0 Å². The summed E-state index contributed by atoms with van der Waals surface area (Å²) < 4.78 is 0. The van der Waals surface area contributed by atoms with Crippen molar-refractivity contribution in [2.24, 2.45) is 16.6 Å². The van der Waals surface area contributed by atoms with Gasteiger partial charge in [0.1, 0.15) is 0 Å². The molecule has 13 heavy (non-hydrogen) atoms. The summed E-state index contributed by atoms with van der Waals surface area (Å²) in [5, 5.41) is 3.60. The summed E-state index contributed by atoms with van der Waals surface area (Å²) in [7, 11) is 0. The molecule has 0 heterocycles. The standard InChI is InChI=1S/C11H22N2/c1-10(3-2-4-10)8-13-9-11(7-12)5-6-11/h13H,2-9,12H2,1H3. The lowest BCUT2D eigenvalue weighted by atomic mass is 9.70. The van der Waals surface area contributed by atoms with Gasteiger partial charge in [0.25, 0.3) is 0 Å². The molecule has 3 N–H and O–H groups in total. The van der Waals surface area contributed by atoms with Crippen molar-refractivity contribution in [1.29, 1.82) is 0 Å². The highest BCUT2D eigenvalue weighted by molar-refractivity contribution is 4.96. The molecule has 0 amide bonds. The molecule has 0 bridgehead atoms. The maximum absolute atomic E-state index is 5.73. The summed E-state index contributed by atoms with van der Waals surface area (Å²) in [6.07, 6.45) is 6.94. The van der Waals surface area contributed by atoms with Gasteiger partial charge in [-0.2, -0.15) is 0 Å². The lowest BCUT2D eigenvalue weighted by Gasteiger charge is -2.39. The molecule has 76 valence electrons. The summed E-state index contributed by atoms with van der Waals surface area (Å²) >= 11 is 0. The molecule has 0 aromatic carbocycles. The number of hydrogen-bond acceptors (Lipinski definition) is 2. The van der Waals surface area contributed by atoms with Crippen LogP contribution in [0.4, 0.5) is 0 Å². The third-order valence-electron chi connectivity index (χ3n) is 4.00. The molecule has 0 atom stereocenters. The second kappa shape index (κ2) is 3.25. The lowest BCUT2D eigenvalue weighted by molar-refractivity contribution is 0.154. The van der Waals surface area contributed by atoms with Crippen LogP contribution in [0.2, 0.25) is 0 Å². The highest BCUT2D eigenvalue weighted by Crippen LogP contribution is 2.44. The quantitative estimate of drug-likeness (QED) is 0.676. The summed E-state index contributed by atoms with van der Waals surface area (Å²) in [5.41, 5.74) is 6.84. The molecule has 0 spiro atoms. The Morgan fingerprint density at radius 2 is 1.85 bits per heavy atom. The van der Waals surface area contributed by atoms with Crippen molar-refractivity contribution in [3.05, 3.63) is 0 Å². The fourth-order valence-electron chi connectivity index (χ4n) is 2.22. The van der Waals surface area contributed by atoms with Crippen molar-refractivity contribution < 1.29 is 0 Å². The number of rotatable bonds is 5. The molecule has 2 nitrogen and oxygen atoms in total. The zero-order valence-corrected chi connectivity index (χ0v) is 8.73. The molecule has 2 fully saturated rings. The molecule has 0 aliphatic heterocycles. The van der Waals surface area contributed by atoms with Crippen LogP contribution in [-0.2, 0) is 0 Å². The van der Waals surface area contributed by atoms with Gasteiger partial charge in [0.2, 0.25) is 0 Å². The van der Waals surface area contributed by atoms with E-state index in [-0.39, 0.29) is 0 Å². The van der Waals surface area contributed by atoms with Crippen molar-refractivity contribution in [2.75, 3.05) is 19.6 Å². The van der Waals surface area contributed by atoms with Gasteiger partial charge in [-0.3, -0.25) is 0 Å². The molecule has 0 unspecified atom stereocenters. The fraction of sp³-hybridized carbons (Fsp3) is 1.00. The second-order valence-electron chi connectivity index (χ2n) is 5.47. The molecule has 2 rings (SSSR count). The fourth-order valence-corrected chi connectivity index (χ4v) is 2.22. The van der Waals surface area contributed by atoms with E-state index in [4.69, 9.17) is 5.73 Å². The Bertz CT molecular complexity index is 176. The van der Waals surface area contributed by atoms with Gasteiger partial charge in [0, 0.05) is 13.1 Å². The molecule has 2 aliphatic rings. The smallest absolute Gasteiger partial charge is 0.00201 e. The highest BCUT2D eigenvalue weighted by Gasteiger charge is 2.41. The Kier molecular flexibility index (Phi) is 2.37. The minimum absolute atomic E-state index is 0.500. The van der Waals surface area contributed by atoms with Crippen molar-refractivity contribution in [3.8, 4) is 0 Å². The second-order valence-corrected chi connectivity index (χ2v) is 5.47. The van der Waals surface area contributed by atoms with Crippen LogP contribution < -0.4 is 11.1 Å². The van der Waals surface area contributed by atoms with Gasteiger partial charge in [-0.15, -0.1) is 0 Å². The maximum Gasteiger partial charge on any atom is 0.00201 e. The minimum Gasteiger partial charge on any atom is -0.330 e. The van der Waals surface area contributed by atoms with Gasteiger partial charge in [-0.1, -0.05) is 13.3 Å². The SMILES string of the molecule is CC1(CNCC2(CN)CC2)CCC1. The van der Waals surface area contributed by atoms with E-state index in [1.165, 1.54) is 38.6 Å². The van der Waals surface area contributed by atoms with E-state index in [1.807, 2.05) is 0 Å². The molecule has 0 aromatic heterocycles. The Morgan fingerprint density at radius 3 is 2.23 bits per heavy atom. The van der Waals surface area contributed by atoms with Crippen LogP contribution in [0.15, 0.2) is 0 Å². The van der Waals surface area contributed by atoms with E-state index in [1.54, 1.807) is 0 Å². The number of hydrogen-bond donors (Lipinski definition) is 2. The zero-order valence-electron chi connectivity index (χ0n) is 8.73. The molecule has 0 aromatic rings. The van der Waals surface area contributed by atoms with Gasteiger partial charge in [-0.25, -0.2) is 0 Å². The summed E-state index contributed by atoms with van der Waals surface area (Å²) in [4.78, 5) is 0. The first kappa shape index (κ1) is 9.47. The summed E-state index contributed by atoms with van der Waals surface area (Å²) in [6.45, 7) is 5.62. The summed E-state index contributed by atoms with van der Waals surface area (Å²) in [6, 6.07) is 0. The third kappa shape index (κ3) is 2.05. The zero-order chi connectivity index (χ0) is 9.36. The van der Waals surface area contributed by atoms with Crippen LogP contribution in [0.3, 0.4) is 0 Å². The topological polar surface area (TPSA) is 38.0 Å². The van der Waals surface area contributed by atoms with Crippen LogP contribution in [-0.4, -0.2) is 19.6 Å². The Morgan fingerprint density at radius 1 is 1.15 bits per heavy atom. The van der Waals surface area contributed by atoms with Gasteiger partial charge in [-0.05, 0) is 43.1 Å². The number of nitrogens with one attached hydrogen (secondary N) is 1. The van der Waals surface area contributed by atoms with Crippen molar-refractivity contribution in [2.45, 2.75) is 39.0 Å². The van der Waals surface area contributed by atoms with Gasteiger partial charge in [0.05, 0.1) is 0 Å². The largest absolute Gasteiger partial charge is 0.330 e. The summed E-state index contributed by atoms with van der Waals surface area (Å²) in [5.74, 6) is 0. The molecular formula is C11H22N2. The highest BCUT2D eigenvalue weighted by atomic mass is 14.9. The molecule has 2 heteroatoms. The predicted molar refractivity (Wildman–Crippen MR) is 55.5 cm³/mol. The predicted octanol–water partition coefficient (Wildman–Crippen LogP) is 1.51.